The molecule has 0 bridgehead atoms. The van der Waals surface area contributed by atoms with Crippen molar-refractivity contribution < 1.29 is 9.59 Å². The summed E-state index contributed by atoms with van der Waals surface area (Å²) in [5, 5.41) is 0.560. The molecule has 0 aromatic heterocycles. The van der Waals surface area contributed by atoms with Crippen LogP contribution in [0.2, 0.25) is 5.02 Å². The monoisotopic (exact) mass is 369 g/mol. The van der Waals surface area contributed by atoms with Crippen molar-refractivity contribution in [3.8, 4) is 0 Å². The number of rotatable bonds is 4. The molecule has 1 aliphatic heterocycles. The summed E-state index contributed by atoms with van der Waals surface area (Å²) in [6, 6.07) is 15.3. The highest BCUT2D eigenvalue weighted by atomic mass is 35.5. The van der Waals surface area contributed by atoms with Gasteiger partial charge in [0.1, 0.15) is 0 Å². The van der Waals surface area contributed by atoms with Gasteiger partial charge in [-0.1, -0.05) is 48.0 Å². The van der Waals surface area contributed by atoms with E-state index in [0.717, 1.165) is 30.6 Å². The molecule has 134 valence electrons. The number of para-hydroxylation sites is 1. The van der Waals surface area contributed by atoms with E-state index >= 15 is 0 Å². The van der Waals surface area contributed by atoms with E-state index in [9.17, 15) is 9.59 Å². The number of hydrazine groups is 1. The van der Waals surface area contributed by atoms with Gasteiger partial charge in [-0.25, -0.2) is 0 Å². The maximum atomic E-state index is 12.1. The number of amides is 2. The maximum Gasteiger partial charge on any atom is 0.262 e. The standard InChI is InChI=1S/C20H20ClN3O2/c21-17-9-3-1-6-15(17)11-12-19(25)22-23-20(26)14-24-13-5-8-16-7-2-4-10-18(16)24/h1-4,6-7,9-12H,5,8,13-14H2,(H,22,25)(H,23,26)/b12-11+. The van der Waals surface area contributed by atoms with Gasteiger partial charge < -0.3 is 4.90 Å². The lowest BCUT2D eigenvalue weighted by atomic mass is 10.0. The smallest absolute Gasteiger partial charge is 0.262 e. The van der Waals surface area contributed by atoms with Gasteiger partial charge in [-0.2, -0.15) is 0 Å². The summed E-state index contributed by atoms with van der Waals surface area (Å²) in [7, 11) is 0. The fraction of sp³-hybridized carbons (Fsp3) is 0.200. The lowest BCUT2D eigenvalue weighted by Gasteiger charge is -2.30. The Morgan fingerprint density at radius 2 is 1.85 bits per heavy atom. The number of nitrogens with one attached hydrogen (secondary N) is 2. The average Bonchev–Trinajstić information content (AvgIpc) is 2.66. The molecular weight excluding hydrogens is 350 g/mol. The average molecular weight is 370 g/mol. The predicted octanol–water partition coefficient (Wildman–Crippen LogP) is 2.95. The first-order valence-corrected chi connectivity index (χ1v) is 8.85. The van der Waals surface area contributed by atoms with Crippen molar-refractivity contribution in [2.24, 2.45) is 0 Å². The van der Waals surface area contributed by atoms with Crippen molar-refractivity contribution in [2.75, 3.05) is 18.0 Å². The van der Waals surface area contributed by atoms with E-state index in [-0.39, 0.29) is 12.5 Å². The van der Waals surface area contributed by atoms with Crippen LogP contribution in [-0.4, -0.2) is 24.9 Å². The zero-order chi connectivity index (χ0) is 18.4. The Balaban J connectivity index is 1.50. The number of aryl methyl sites for hydroxylation is 1. The third-order valence-electron chi connectivity index (χ3n) is 4.19. The normalized spacial score (nSPS) is 13.3. The molecule has 0 fully saturated rings. The van der Waals surface area contributed by atoms with Gasteiger partial charge in [-0.15, -0.1) is 0 Å². The molecule has 0 spiro atoms. The number of hydrogen-bond acceptors (Lipinski definition) is 3. The molecule has 0 saturated heterocycles. The molecule has 0 atom stereocenters. The van der Waals surface area contributed by atoms with Gasteiger partial charge >= 0.3 is 0 Å². The van der Waals surface area contributed by atoms with Crippen molar-refractivity contribution in [1.82, 2.24) is 10.9 Å². The number of carbonyl (C=O) groups excluding carboxylic acids is 2. The molecule has 0 radical (unpaired) electrons. The van der Waals surface area contributed by atoms with E-state index in [1.165, 1.54) is 11.6 Å². The molecule has 2 N–H and O–H groups in total. The molecule has 0 unspecified atom stereocenters. The van der Waals surface area contributed by atoms with Crippen LogP contribution >= 0.6 is 11.6 Å². The minimum atomic E-state index is -0.419. The quantitative estimate of drug-likeness (QED) is 0.643. The number of fused-ring (bicyclic) bond motifs is 1. The van der Waals surface area contributed by atoms with E-state index in [1.54, 1.807) is 18.2 Å². The van der Waals surface area contributed by atoms with E-state index in [4.69, 9.17) is 11.6 Å². The summed E-state index contributed by atoms with van der Waals surface area (Å²) in [5.41, 5.74) is 7.90. The fourth-order valence-electron chi connectivity index (χ4n) is 2.94. The second-order valence-electron chi connectivity index (χ2n) is 6.05. The summed E-state index contributed by atoms with van der Waals surface area (Å²) in [4.78, 5) is 26.0. The van der Waals surface area contributed by atoms with Crippen molar-refractivity contribution in [2.45, 2.75) is 12.8 Å². The van der Waals surface area contributed by atoms with Gasteiger partial charge in [-0.05, 0) is 42.2 Å². The molecule has 0 saturated carbocycles. The van der Waals surface area contributed by atoms with Crippen molar-refractivity contribution in [1.29, 1.82) is 0 Å². The number of carbonyl (C=O) groups is 2. The van der Waals surface area contributed by atoms with Gasteiger partial charge in [0.15, 0.2) is 0 Å². The maximum absolute atomic E-state index is 12.1. The molecule has 6 heteroatoms. The van der Waals surface area contributed by atoms with Crippen molar-refractivity contribution >= 4 is 35.2 Å². The zero-order valence-electron chi connectivity index (χ0n) is 14.2. The lowest BCUT2D eigenvalue weighted by molar-refractivity contribution is -0.125. The van der Waals surface area contributed by atoms with E-state index < -0.39 is 5.91 Å². The molecule has 1 aliphatic rings. The minimum Gasteiger partial charge on any atom is -0.362 e. The minimum absolute atomic E-state index is 0.200. The number of hydrogen-bond donors (Lipinski definition) is 2. The number of halogens is 1. The molecule has 2 aromatic rings. The summed E-state index contributed by atoms with van der Waals surface area (Å²) < 4.78 is 0. The van der Waals surface area contributed by atoms with Crippen LogP contribution in [-0.2, 0) is 16.0 Å². The Bertz CT molecular complexity index is 835. The van der Waals surface area contributed by atoms with Gasteiger partial charge in [-0.3, -0.25) is 20.4 Å². The van der Waals surface area contributed by atoms with E-state index in [1.807, 2.05) is 35.2 Å². The van der Waals surface area contributed by atoms with Crippen LogP contribution in [0.4, 0.5) is 5.69 Å². The summed E-state index contributed by atoms with van der Waals surface area (Å²) >= 11 is 6.03. The van der Waals surface area contributed by atoms with Crippen LogP contribution < -0.4 is 15.8 Å². The lowest BCUT2D eigenvalue weighted by Crippen LogP contribution is -2.47. The van der Waals surface area contributed by atoms with Crippen LogP contribution in [0.3, 0.4) is 0 Å². The van der Waals surface area contributed by atoms with E-state index in [2.05, 4.69) is 16.9 Å². The van der Waals surface area contributed by atoms with Gasteiger partial charge in [0, 0.05) is 23.3 Å². The molecule has 1 heterocycles. The first kappa shape index (κ1) is 18.0. The van der Waals surface area contributed by atoms with Crippen LogP contribution in [0.15, 0.2) is 54.6 Å². The number of anilines is 1. The predicted molar refractivity (Wildman–Crippen MR) is 104 cm³/mol. The molecule has 2 amide bonds. The highest BCUT2D eigenvalue weighted by molar-refractivity contribution is 6.32. The first-order chi connectivity index (χ1) is 12.6. The van der Waals surface area contributed by atoms with Crippen LogP contribution in [0.1, 0.15) is 17.5 Å². The first-order valence-electron chi connectivity index (χ1n) is 8.48. The molecule has 0 aliphatic carbocycles. The summed E-state index contributed by atoms with van der Waals surface area (Å²) in [5.74, 6) is -0.682. The van der Waals surface area contributed by atoms with Gasteiger partial charge in [0.2, 0.25) is 0 Å². The Labute approximate surface area is 157 Å². The third kappa shape index (κ3) is 4.64. The Morgan fingerprint density at radius 3 is 2.69 bits per heavy atom. The van der Waals surface area contributed by atoms with Crippen molar-refractivity contribution in [3.05, 3.63) is 70.8 Å². The highest BCUT2D eigenvalue weighted by Crippen LogP contribution is 2.26. The van der Waals surface area contributed by atoms with Gasteiger partial charge in [0.25, 0.3) is 11.8 Å². The van der Waals surface area contributed by atoms with Gasteiger partial charge in [0.05, 0.1) is 6.54 Å². The molecule has 5 nitrogen and oxygen atoms in total. The third-order valence-corrected chi connectivity index (χ3v) is 4.53. The SMILES string of the molecule is O=C(/C=C/c1ccccc1Cl)NNC(=O)CN1CCCc2ccccc21. The Hall–Kier alpha value is -2.79. The number of nitrogens with zero attached hydrogens (tertiary/aromatic N) is 1. The highest BCUT2D eigenvalue weighted by Gasteiger charge is 2.18. The summed E-state index contributed by atoms with van der Waals surface area (Å²) in [6.07, 6.45) is 4.97. The largest absolute Gasteiger partial charge is 0.362 e. The Morgan fingerprint density at radius 1 is 1.08 bits per heavy atom. The second-order valence-corrected chi connectivity index (χ2v) is 6.45. The van der Waals surface area contributed by atoms with Crippen molar-refractivity contribution in [3.63, 3.8) is 0 Å². The number of benzene rings is 2. The summed E-state index contributed by atoms with van der Waals surface area (Å²) in [6.45, 7) is 1.02. The van der Waals surface area contributed by atoms with Crippen LogP contribution in [0.5, 0.6) is 0 Å². The zero-order valence-corrected chi connectivity index (χ0v) is 15.0. The molecule has 3 rings (SSSR count). The topological polar surface area (TPSA) is 61.4 Å². The fourth-order valence-corrected chi connectivity index (χ4v) is 3.14. The molecule has 26 heavy (non-hydrogen) atoms. The van der Waals surface area contributed by atoms with Crippen LogP contribution in [0, 0.1) is 0 Å². The van der Waals surface area contributed by atoms with Crippen LogP contribution in [0.25, 0.3) is 6.08 Å². The Kier molecular flexibility index (Phi) is 5.92. The second kappa shape index (κ2) is 8.54. The molecular formula is C20H20ClN3O2. The van der Waals surface area contributed by atoms with E-state index in [0.29, 0.717) is 5.02 Å². The molecule has 2 aromatic carbocycles.